The number of rotatable bonds is 6. The van der Waals surface area contributed by atoms with E-state index in [9.17, 15) is 5.11 Å². The normalized spacial score (nSPS) is 39.1. The van der Waals surface area contributed by atoms with E-state index < -0.39 is 5.60 Å². The fourth-order valence-electron chi connectivity index (χ4n) is 7.16. The molecule has 4 nitrogen and oxygen atoms in total. The Bertz CT molecular complexity index is 413. The zero-order valence-corrected chi connectivity index (χ0v) is 20.2. The fraction of sp³-hybridized carbons (Fsp3) is 1.00. The van der Waals surface area contributed by atoms with E-state index in [1.54, 1.807) is 0 Å². The number of hydrogen-bond acceptors (Lipinski definition) is 4. The molecule has 0 unspecified atom stereocenters. The summed E-state index contributed by atoms with van der Waals surface area (Å²) in [6, 6.07) is 2.14. The van der Waals surface area contributed by atoms with Crippen LogP contribution in [0.2, 0.25) is 0 Å². The topological polar surface area (TPSA) is 30.0 Å². The Morgan fingerprint density at radius 1 is 0.448 bits per heavy atom. The highest BCUT2D eigenvalue weighted by Gasteiger charge is 2.51. The quantitative estimate of drug-likeness (QED) is 0.719. The van der Waals surface area contributed by atoms with Crippen molar-refractivity contribution in [3.8, 4) is 0 Å². The third kappa shape index (κ3) is 5.19. The van der Waals surface area contributed by atoms with Gasteiger partial charge in [0, 0.05) is 18.1 Å². The van der Waals surface area contributed by atoms with Crippen LogP contribution in [0.25, 0.3) is 0 Å². The first-order chi connectivity index (χ1) is 13.7. The molecule has 0 aromatic carbocycles. The SMILES string of the molecule is CN(C)C1CCC(C(O)(C2CCC(N(C)C)CC2)C2CCC(N(C)C)CC2)CC1. The summed E-state index contributed by atoms with van der Waals surface area (Å²) in [4.78, 5) is 7.21. The minimum absolute atomic E-state index is 0.425. The number of aliphatic hydroxyl groups is 1. The van der Waals surface area contributed by atoms with E-state index >= 15 is 0 Å². The van der Waals surface area contributed by atoms with E-state index in [4.69, 9.17) is 0 Å². The van der Waals surface area contributed by atoms with E-state index in [0.717, 1.165) is 0 Å². The van der Waals surface area contributed by atoms with Gasteiger partial charge in [-0.25, -0.2) is 0 Å². The highest BCUT2D eigenvalue weighted by atomic mass is 16.3. The summed E-state index contributed by atoms with van der Waals surface area (Å²) in [5.74, 6) is 1.54. The van der Waals surface area contributed by atoms with Gasteiger partial charge in [0.25, 0.3) is 0 Å². The van der Waals surface area contributed by atoms with Crippen molar-refractivity contribution in [2.24, 2.45) is 17.8 Å². The monoisotopic (exact) mass is 407 g/mol. The summed E-state index contributed by atoms with van der Waals surface area (Å²) >= 11 is 0. The lowest BCUT2D eigenvalue weighted by atomic mass is 9.57. The summed E-state index contributed by atoms with van der Waals surface area (Å²) in [6.07, 6.45) is 14.9. The van der Waals surface area contributed by atoms with Crippen molar-refractivity contribution in [1.82, 2.24) is 14.7 Å². The summed E-state index contributed by atoms with van der Waals surface area (Å²) in [5, 5.41) is 12.5. The smallest absolute Gasteiger partial charge is 0.0731 e. The predicted molar refractivity (Wildman–Crippen MR) is 123 cm³/mol. The molecule has 29 heavy (non-hydrogen) atoms. The van der Waals surface area contributed by atoms with E-state index in [-0.39, 0.29) is 0 Å². The van der Waals surface area contributed by atoms with Crippen LogP contribution in [0.15, 0.2) is 0 Å². The number of hydrogen-bond donors (Lipinski definition) is 1. The van der Waals surface area contributed by atoms with Crippen LogP contribution in [0, 0.1) is 17.8 Å². The van der Waals surface area contributed by atoms with Crippen LogP contribution in [0.4, 0.5) is 0 Å². The molecule has 4 heteroatoms. The van der Waals surface area contributed by atoms with Gasteiger partial charge in [0.2, 0.25) is 0 Å². The van der Waals surface area contributed by atoms with Crippen LogP contribution in [0.3, 0.4) is 0 Å². The van der Waals surface area contributed by atoms with Crippen molar-refractivity contribution in [3.63, 3.8) is 0 Å². The van der Waals surface area contributed by atoms with Gasteiger partial charge >= 0.3 is 0 Å². The van der Waals surface area contributed by atoms with Crippen molar-refractivity contribution in [3.05, 3.63) is 0 Å². The second-order valence-corrected chi connectivity index (χ2v) is 11.3. The second kappa shape index (κ2) is 9.97. The first kappa shape index (κ1) is 23.5. The molecule has 3 aliphatic carbocycles. The maximum atomic E-state index is 12.5. The lowest BCUT2D eigenvalue weighted by Crippen LogP contribution is -2.56. The molecule has 3 fully saturated rings. The molecule has 0 atom stereocenters. The van der Waals surface area contributed by atoms with E-state index in [1.807, 2.05) is 0 Å². The summed E-state index contributed by atoms with van der Waals surface area (Å²) in [6.45, 7) is 0. The lowest BCUT2D eigenvalue weighted by Gasteiger charge is -2.53. The van der Waals surface area contributed by atoms with Crippen LogP contribution in [-0.4, -0.2) is 85.8 Å². The fourth-order valence-corrected chi connectivity index (χ4v) is 7.16. The maximum Gasteiger partial charge on any atom is 0.0731 e. The third-order valence-electron chi connectivity index (χ3n) is 9.24. The Balaban J connectivity index is 1.73. The molecule has 0 aromatic rings. The van der Waals surface area contributed by atoms with E-state index in [0.29, 0.717) is 35.9 Å². The average Bonchev–Trinajstić information content (AvgIpc) is 2.73. The van der Waals surface area contributed by atoms with Crippen molar-refractivity contribution in [2.45, 2.75) is 101 Å². The zero-order chi connectivity index (χ0) is 21.2. The first-order valence-corrected chi connectivity index (χ1v) is 12.4. The molecule has 0 bridgehead atoms. The molecular weight excluding hydrogens is 358 g/mol. The molecule has 3 saturated carbocycles. The molecule has 170 valence electrons. The van der Waals surface area contributed by atoms with Crippen LogP contribution in [0.1, 0.15) is 77.0 Å². The summed E-state index contributed by atoms with van der Waals surface area (Å²) in [7, 11) is 13.3. The van der Waals surface area contributed by atoms with Crippen molar-refractivity contribution in [1.29, 1.82) is 0 Å². The average molecular weight is 408 g/mol. The third-order valence-corrected chi connectivity index (χ3v) is 9.24. The van der Waals surface area contributed by atoms with Gasteiger partial charge < -0.3 is 19.8 Å². The summed E-state index contributed by atoms with van der Waals surface area (Å²) in [5.41, 5.74) is -0.425. The highest BCUT2D eigenvalue weighted by Crippen LogP contribution is 2.51. The van der Waals surface area contributed by atoms with Gasteiger partial charge in [-0.15, -0.1) is 0 Å². The molecule has 0 aromatic heterocycles. The lowest BCUT2D eigenvalue weighted by molar-refractivity contribution is -0.149. The maximum absolute atomic E-state index is 12.5. The molecule has 0 amide bonds. The molecular formula is C25H49N3O. The minimum atomic E-state index is -0.425. The largest absolute Gasteiger partial charge is 0.389 e. The Labute approximate surface area is 181 Å². The van der Waals surface area contributed by atoms with Gasteiger partial charge in [0.1, 0.15) is 0 Å². The Morgan fingerprint density at radius 2 is 0.655 bits per heavy atom. The van der Waals surface area contributed by atoms with E-state index in [1.165, 1.54) is 77.0 Å². The zero-order valence-electron chi connectivity index (χ0n) is 20.2. The Kier molecular flexibility index (Phi) is 8.08. The number of nitrogens with zero attached hydrogens (tertiary/aromatic N) is 3. The van der Waals surface area contributed by atoms with Crippen LogP contribution in [-0.2, 0) is 0 Å². The standard InChI is InChI=1S/C25H49N3O/c1-26(2)22-13-7-19(8-14-22)25(29,20-9-15-23(16-10-20)27(3)4)21-11-17-24(18-12-21)28(5)6/h19-24,29H,7-18H2,1-6H3. The van der Waals surface area contributed by atoms with Gasteiger partial charge in [0.15, 0.2) is 0 Å². The van der Waals surface area contributed by atoms with Crippen molar-refractivity contribution >= 4 is 0 Å². The van der Waals surface area contributed by atoms with Gasteiger partial charge in [0.05, 0.1) is 5.60 Å². The van der Waals surface area contributed by atoms with Crippen molar-refractivity contribution in [2.75, 3.05) is 42.3 Å². The second-order valence-electron chi connectivity index (χ2n) is 11.3. The Hall–Kier alpha value is -0.160. The van der Waals surface area contributed by atoms with Crippen molar-refractivity contribution < 1.29 is 5.11 Å². The first-order valence-electron chi connectivity index (χ1n) is 12.4. The van der Waals surface area contributed by atoms with Gasteiger partial charge in [-0.3, -0.25) is 0 Å². The Morgan fingerprint density at radius 3 is 0.828 bits per heavy atom. The molecule has 0 spiro atoms. The highest BCUT2D eigenvalue weighted by molar-refractivity contribution is 5.03. The molecule has 0 saturated heterocycles. The van der Waals surface area contributed by atoms with Crippen LogP contribution < -0.4 is 0 Å². The van der Waals surface area contributed by atoms with Gasteiger partial charge in [-0.1, -0.05) is 0 Å². The van der Waals surface area contributed by atoms with Crippen LogP contribution >= 0.6 is 0 Å². The molecule has 0 radical (unpaired) electrons. The molecule has 3 aliphatic rings. The van der Waals surface area contributed by atoms with Gasteiger partial charge in [-0.05, 0) is 137 Å². The molecule has 0 heterocycles. The molecule has 1 N–H and O–H groups in total. The molecule has 0 aliphatic heterocycles. The van der Waals surface area contributed by atoms with Gasteiger partial charge in [-0.2, -0.15) is 0 Å². The minimum Gasteiger partial charge on any atom is -0.389 e. The van der Waals surface area contributed by atoms with Crippen LogP contribution in [0.5, 0.6) is 0 Å². The summed E-state index contributed by atoms with van der Waals surface area (Å²) < 4.78 is 0. The molecule has 3 rings (SSSR count). The predicted octanol–water partition coefficient (Wildman–Crippen LogP) is 4.08. The van der Waals surface area contributed by atoms with E-state index in [2.05, 4.69) is 57.0 Å².